The molecule has 6 heteroatoms. The average molecular weight is 332 g/mol. The summed E-state index contributed by atoms with van der Waals surface area (Å²) in [4.78, 5) is 9.13. The molecule has 0 saturated carbocycles. The van der Waals surface area contributed by atoms with Crippen molar-refractivity contribution in [3.05, 3.63) is 24.3 Å². The fraction of sp³-hybridized carbons (Fsp3) is 0.611. The Morgan fingerprint density at radius 2 is 2.08 bits per heavy atom. The first-order valence-electron chi connectivity index (χ1n) is 8.77. The molecule has 2 aliphatic heterocycles. The number of hydrogen-bond donors (Lipinski definition) is 1. The van der Waals surface area contributed by atoms with Crippen LogP contribution in [0, 0.1) is 0 Å². The predicted molar refractivity (Wildman–Crippen MR) is 97.1 cm³/mol. The zero-order valence-corrected chi connectivity index (χ0v) is 14.7. The van der Waals surface area contributed by atoms with Gasteiger partial charge in [0.2, 0.25) is 0 Å². The molecule has 0 amide bonds. The molecule has 2 aliphatic rings. The van der Waals surface area contributed by atoms with Crippen molar-refractivity contribution in [1.82, 2.24) is 10.2 Å². The van der Waals surface area contributed by atoms with Crippen LogP contribution in [0.25, 0.3) is 0 Å². The molecule has 0 radical (unpaired) electrons. The van der Waals surface area contributed by atoms with Crippen molar-refractivity contribution in [1.29, 1.82) is 0 Å². The van der Waals surface area contributed by atoms with Crippen LogP contribution in [-0.4, -0.2) is 70.5 Å². The number of para-hydroxylation sites is 2. The lowest BCUT2D eigenvalue weighted by molar-refractivity contribution is 0.113. The number of ether oxygens (including phenoxy) is 2. The Balaban J connectivity index is 1.53. The van der Waals surface area contributed by atoms with Gasteiger partial charge in [-0.15, -0.1) is 0 Å². The number of aliphatic imine (C=N–C) groups is 1. The largest absolute Gasteiger partial charge is 0.495 e. The predicted octanol–water partition coefficient (Wildman–Crippen LogP) is 1.57. The normalized spacial score (nSPS) is 21.9. The molecule has 1 N–H and O–H groups in total. The SMILES string of the molecule is CN=C(NCC1CCCO1)N1CCN(c2ccccc2OC)CC1. The summed E-state index contributed by atoms with van der Waals surface area (Å²) in [5.74, 6) is 1.91. The first kappa shape index (κ1) is 16.9. The zero-order chi connectivity index (χ0) is 16.8. The van der Waals surface area contributed by atoms with Gasteiger partial charge in [-0.2, -0.15) is 0 Å². The maximum atomic E-state index is 5.68. The van der Waals surface area contributed by atoms with Crippen molar-refractivity contribution in [2.24, 2.45) is 4.99 Å². The van der Waals surface area contributed by atoms with Gasteiger partial charge in [0.25, 0.3) is 0 Å². The molecule has 132 valence electrons. The van der Waals surface area contributed by atoms with Gasteiger partial charge in [0.1, 0.15) is 5.75 Å². The fourth-order valence-electron chi connectivity index (χ4n) is 3.39. The van der Waals surface area contributed by atoms with Crippen LogP contribution in [0.3, 0.4) is 0 Å². The molecule has 1 aromatic rings. The van der Waals surface area contributed by atoms with Crippen LogP contribution in [-0.2, 0) is 4.74 Å². The Hall–Kier alpha value is -1.95. The zero-order valence-electron chi connectivity index (χ0n) is 14.7. The molecule has 3 rings (SSSR count). The van der Waals surface area contributed by atoms with E-state index in [1.54, 1.807) is 7.11 Å². The van der Waals surface area contributed by atoms with Gasteiger partial charge in [-0.25, -0.2) is 0 Å². The summed E-state index contributed by atoms with van der Waals surface area (Å²) in [5, 5.41) is 3.47. The second-order valence-electron chi connectivity index (χ2n) is 6.21. The molecular formula is C18H28N4O2. The smallest absolute Gasteiger partial charge is 0.193 e. The second kappa shape index (κ2) is 8.24. The van der Waals surface area contributed by atoms with Gasteiger partial charge in [-0.3, -0.25) is 4.99 Å². The van der Waals surface area contributed by atoms with Gasteiger partial charge in [-0.05, 0) is 25.0 Å². The van der Waals surface area contributed by atoms with Crippen molar-refractivity contribution in [3.8, 4) is 5.75 Å². The number of rotatable bonds is 4. The van der Waals surface area contributed by atoms with Crippen LogP contribution < -0.4 is 15.0 Å². The quantitative estimate of drug-likeness (QED) is 0.670. The van der Waals surface area contributed by atoms with Gasteiger partial charge in [0, 0.05) is 46.4 Å². The van der Waals surface area contributed by atoms with Crippen LogP contribution in [0.15, 0.2) is 29.3 Å². The molecule has 6 nitrogen and oxygen atoms in total. The summed E-state index contributed by atoms with van der Waals surface area (Å²) in [6.45, 7) is 5.55. The first-order valence-corrected chi connectivity index (χ1v) is 8.77. The standard InChI is InChI=1S/C18H28N4O2/c1-19-18(20-14-15-6-5-13-24-15)22-11-9-21(10-12-22)16-7-3-4-8-17(16)23-2/h3-4,7-8,15H,5-6,9-14H2,1-2H3,(H,19,20). The van der Waals surface area contributed by atoms with E-state index in [-0.39, 0.29) is 0 Å². The Bertz CT molecular complexity index is 550. The highest BCUT2D eigenvalue weighted by Gasteiger charge is 2.22. The Labute approximate surface area is 144 Å². The Morgan fingerprint density at radius 1 is 1.29 bits per heavy atom. The van der Waals surface area contributed by atoms with Crippen LogP contribution in [0.5, 0.6) is 5.75 Å². The molecule has 1 unspecified atom stereocenters. The van der Waals surface area contributed by atoms with E-state index in [2.05, 4.69) is 32.2 Å². The Kier molecular flexibility index (Phi) is 5.80. The Morgan fingerprint density at radius 3 is 2.75 bits per heavy atom. The van der Waals surface area contributed by atoms with E-state index in [1.165, 1.54) is 12.1 Å². The van der Waals surface area contributed by atoms with Crippen molar-refractivity contribution >= 4 is 11.6 Å². The van der Waals surface area contributed by atoms with Crippen LogP contribution in [0.4, 0.5) is 5.69 Å². The summed E-state index contributed by atoms with van der Waals surface area (Å²) < 4.78 is 11.2. The first-order chi connectivity index (χ1) is 11.8. The summed E-state index contributed by atoms with van der Waals surface area (Å²) in [6.07, 6.45) is 2.64. The number of piperazine rings is 1. The minimum atomic E-state index is 0.330. The number of nitrogens with one attached hydrogen (secondary N) is 1. The lowest BCUT2D eigenvalue weighted by Crippen LogP contribution is -2.53. The van der Waals surface area contributed by atoms with E-state index in [0.29, 0.717) is 6.10 Å². The minimum Gasteiger partial charge on any atom is -0.495 e. The van der Waals surface area contributed by atoms with E-state index in [4.69, 9.17) is 9.47 Å². The molecule has 0 bridgehead atoms. The monoisotopic (exact) mass is 332 g/mol. The van der Waals surface area contributed by atoms with Gasteiger partial charge < -0.3 is 24.6 Å². The summed E-state index contributed by atoms with van der Waals surface area (Å²) in [5.41, 5.74) is 1.17. The number of guanidine groups is 1. The minimum absolute atomic E-state index is 0.330. The molecule has 24 heavy (non-hydrogen) atoms. The molecule has 1 aromatic carbocycles. The maximum Gasteiger partial charge on any atom is 0.193 e. The van der Waals surface area contributed by atoms with Crippen molar-refractivity contribution in [3.63, 3.8) is 0 Å². The van der Waals surface area contributed by atoms with Gasteiger partial charge in [0.15, 0.2) is 5.96 Å². The molecule has 0 aliphatic carbocycles. The maximum absolute atomic E-state index is 5.68. The van der Waals surface area contributed by atoms with E-state index in [1.807, 2.05) is 19.2 Å². The van der Waals surface area contributed by atoms with Crippen LogP contribution in [0.2, 0.25) is 0 Å². The molecule has 0 spiro atoms. The molecule has 2 heterocycles. The van der Waals surface area contributed by atoms with E-state index < -0.39 is 0 Å². The number of benzene rings is 1. The summed E-state index contributed by atoms with van der Waals surface area (Å²) in [7, 11) is 3.58. The van der Waals surface area contributed by atoms with E-state index >= 15 is 0 Å². The molecular weight excluding hydrogens is 304 g/mol. The highest BCUT2D eigenvalue weighted by Crippen LogP contribution is 2.28. The van der Waals surface area contributed by atoms with E-state index in [0.717, 1.165) is 57.5 Å². The van der Waals surface area contributed by atoms with Crippen molar-refractivity contribution in [2.45, 2.75) is 18.9 Å². The summed E-state index contributed by atoms with van der Waals surface area (Å²) >= 11 is 0. The van der Waals surface area contributed by atoms with Gasteiger partial charge >= 0.3 is 0 Å². The fourth-order valence-corrected chi connectivity index (χ4v) is 3.39. The highest BCUT2D eigenvalue weighted by atomic mass is 16.5. The lowest BCUT2D eigenvalue weighted by Gasteiger charge is -2.38. The molecule has 0 aromatic heterocycles. The number of nitrogens with zero attached hydrogens (tertiary/aromatic N) is 3. The number of anilines is 1. The third-order valence-corrected chi connectivity index (χ3v) is 4.73. The molecule has 2 saturated heterocycles. The molecule has 2 fully saturated rings. The average Bonchev–Trinajstić information content (AvgIpc) is 3.16. The number of methoxy groups -OCH3 is 1. The second-order valence-corrected chi connectivity index (χ2v) is 6.21. The molecule has 1 atom stereocenters. The number of hydrogen-bond acceptors (Lipinski definition) is 4. The lowest BCUT2D eigenvalue weighted by atomic mass is 10.2. The van der Waals surface area contributed by atoms with Crippen molar-refractivity contribution < 1.29 is 9.47 Å². The van der Waals surface area contributed by atoms with Crippen LogP contribution in [0.1, 0.15) is 12.8 Å². The summed E-state index contributed by atoms with van der Waals surface area (Å²) in [6, 6.07) is 8.21. The topological polar surface area (TPSA) is 49.3 Å². The van der Waals surface area contributed by atoms with Crippen molar-refractivity contribution in [2.75, 3.05) is 58.4 Å². The van der Waals surface area contributed by atoms with Crippen LogP contribution >= 0.6 is 0 Å². The third-order valence-electron chi connectivity index (χ3n) is 4.73. The van der Waals surface area contributed by atoms with Gasteiger partial charge in [-0.1, -0.05) is 12.1 Å². The van der Waals surface area contributed by atoms with Gasteiger partial charge in [0.05, 0.1) is 18.9 Å². The van der Waals surface area contributed by atoms with E-state index in [9.17, 15) is 0 Å². The highest BCUT2D eigenvalue weighted by molar-refractivity contribution is 5.80. The third kappa shape index (κ3) is 3.93.